The third kappa shape index (κ3) is 4.87. The number of carbonyl (C=O) groups excluding carboxylic acids is 2. The van der Waals surface area contributed by atoms with Crippen LogP contribution in [0.1, 0.15) is 54.1 Å². The number of likely N-dealkylation sites (tertiary alicyclic amines) is 1. The smallest absolute Gasteiger partial charge is 0.260 e. The molecule has 2 aromatic rings. The Labute approximate surface area is 188 Å². The first-order chi connectivity index (χ1) is 15.1. The number of ether oxygens (including phenoxy) is 1. The van der Waals surface area contributed by atoms with E-state index in [1.54, 1.807) is 0 Å². The van der Waals surface area contributed by atoms with E-state index in [1.165, 1.54) is 6.42 Å². The fourth-order valence-electron chi connectivity index (χ4n) is 4.61. The van der Waals surface area contributed by atoms with Crippen LogP contribution in [0.15, 0.2) is 42.5 Å². The third-order valence-electron chi connectivity index (χ3n) is 6.34. The van der Waals surface area contributed by atoms with Crippen LogP contribution < -0.4 is 4.74 Å². The van der Waals surface area contributed by atoms with Gasteiger partial charge in [0.25, 0.3) is 11.8 Å². The molecule has 0 aliphatic carbocycles. The van der Waals surface area contributed by atoms with Crippen molar-refractivity contribution in [3.63, 3.8) is 0 Å². The lowest BCUT2D eigenvalue weighted by Crippen LogP contribution is -2.45. The van der Waals surface area contributed by atoms with Crippen LogP contribution in [0.4, 0.5) is 0 Å². The average molecular weight is 441 g/mol. The summed E-state index contributed by atoms with van der Waals surface area (Å²) in [5.74, 6) is 0.682. The Morgan fingerprint density at radius 2 is 1.94 bits per heavy atom. The summed E-state index contributed by atoms with van der Waals surface area (Å²) in [6.45, 7) is 4.13. The number of piperidine rings is 1. The van der Waals surface area contributed by atoms with Gasteiger partial charge in [0.05, 0.1) is 0 Å². The van der Waals surface area contributed by atoms with Gasteiger partial charge in [0.1, 0.15) is 5.75 Å². The average Bonchev–Trinajstić information content (AvgIpc) is 2.80. The summed E-state index contributed by atoms with van der Waals surface area (Å²) in [5, 5.41) is 0.685. The number of hydrogen-bond acceptors (Lipinski definition) is 3. The summed E-state index contributed by atoms with van der Waals surface area (Å²) < 4.78 is 5.95. The van der Waals surface area contributed by atoms with E-state index in [1.807, 2.05) is 52.3 Å². The van der Waals surface area contributed by atoms with Crippen LogP contribution >= 0.6 is 11.6 Å². The SMILES string of the molecule is CCC1CCCCN1C(=O)COc1cccc2c1CCN(Cc1ccc(Cl)cc1)C2=O. The summed E-state index contributed by atoms with van der Waals surface area (Å²) >= 11 is 5.96. The molecule has 2 aromatic carbocycles. The lowest BCUT2D eigenvalue weighted by molar-refractivity contribution is -0.137. The highest BCUT2D eigenvalue weighted by molar-refractivity contribution is 6.30. The molecule has 6 heteroatoms. The quantitative estimate of drug-likeness (QED) is 0.653. The molecule has 1 saturated heterocycles. The van der Waals surface area contributed by atoms with E-state index < -0.39 is 0 Å². The van der Waals surface area contributed by atoms with Crippen molar-refractivity contribution in [1.82, 2.24) is 9.80 Å². The van der Waals surface area contributed by atoms with Crippen LogP contribution in [0.2, 0.25) is 5.02 Å². The minimum Gasteiger partial charge on any atom is -0.483 e. The van der Waals surface area contributed by atoms with Gasteiger partial charge in [0.15, 0.2) is 6.61 Å². The minimum absolute atomic E-state index is 0.00458. The molecular weight excluding hydrogens is 412 g/mol. The van der Waals surface area contributed by atoms with Gasteiger partial charge in [-0.15, -0.1) is 0 Å². The van der Waals surface area contributed by atoms with E-state index in [2.05, 4.69) is 6.92 Å². The van der Waals surface area contributed by atoms with Crippen molar-refractivity contribution in [1.29, 1.82) is 0 Å². The Kier molecular flexibility index (Phi) is 6.81. The van der Waals surface area contributed by atoms with Crippen molar-refractivity contribution in [3.8, 4) is 5.75 Å². The molecule has 4 rings (SSSR count). The Bertz CT molecular complexity index is 944. The molecule has 0 radical (unpaired) electrons. The van der Waals surface area contributed by atoms with Crippen LogP contribution in [0.3, 0.4) is 0 Å². The molecule has 2 aliphatic rings. The molecule has 5 nitrogen and oxygen atoms in total. The lowest BCUT2D eigenvalue weighted by atomic mass is 9.97. The molecule has 31 heavy (non-hydrogen) atoms. The number of fused-ring (bicyclic) bond motifs is 1. The summed E-state index contributed by atoms with van der Waals surface area (Å²) in [6, 6.07) is 13.4. The van der Waals surface area contributed by atoms with Crippen molar-refractivity contribution < 1.29 is 14.3 Å². The van der Waals surface area contributed by atoms with Gasteiger partial charge in [-0.2, -0.15) is 0 Å². The maximum absolute atomic E-state index is 13.1. The number of halogens is 1. The predicted molar refractivity (Wildman–Crippen MR) is 121 cm³/mol. The van der Waals surface area contributed by atoms with Gasteiger partial charge in [-0.3, -0.25) is 9.59 Å². The second-order valence-corrected chi connectivity index (χ2v) is 8.76. The van der Waals surface area contributed by atoms with Crippen molar-refractivity contribution in [2.24, 2.45) is 0 Å². The Morgan fingerprint density at radius 3 is 2.71 bits per heavy atom. The summed E-state index contributed by atoms with van der Waals surface area (Å²) in [7, 11) is 0. The maximum atomic E-state index is 13.1. The van der Waals surface area contributed by atoms with Crippen LogP contribution in [-0.4, -0.2) is 47.4 Å². The van der Waals surface area contributed by atoms with Gasteiger partial charge in [0.2, 0.25) is 0 Å². The van der Waals surface area contributed by atoms with Gasteiger partial charge in [-0.1, -0.05) is 36.7 Å². The van der Waals surface area contributed by atoms with E-state index >= 15 is 0 Å². The van der Waals surface area contributed by atoms with Gasteiger partial charge in [0, 0.05) is 41.8 Å². The van der Waals surface area contributed by atoms with Gasteiger partial charge in [-0.25, -0.2) is 0 Å². The number of amides is 2. The molecule has 2 amide bonds. The van der Waals surface area contributed by atoms with Gasteiger partial charge < -0.3 is 14.5 Å². The van der Waals surface area contributed by atoms with Crippen molar-refractivity contribution in [2.45, 2.75) is 51.6 Å². The zero-order valence-corrected chi connectivity index (χ0v) is 18.7. The van der Waals surface area contributed by atoms with Crippen molar-refractivity contribution >= 4 is 23.4 Å². The topological polar surface area (TPSA) is 49.9 Å². The van der Waals surface area contributed by atoms with E-state index in [4.69, 9.17) is 16.3 Å². The zero-order chi connectivity index (χ0) is 21.8. The predicted octanol–water partition coefficient (Wildman–Crippen LogP) is 4.71. The van der Waals surface area contributed by atoms with Crippen LogP contribution in [0.25, 0.3) is 0 Å². The number of nitrogens with zero attached hydrogens (tertiary/aromatic N) is 2. The first kappa shape index (κ1) is 21.7. The molecule has 0 spiro atoms. The fraction of sp³-hybridized carbons (Fsp3) is 0.440. The van der Waals surface area contributed by atoms with Gasteiger partial charge in [-0.05, 0) is 61.9 Å². The lowest BCUT2D eigenvalue weighted by Gasteiger charge is -2.35. The molecule has 0 aromatic heterocycles. The number of hydrogen-bond donors (Lipinski definition) is 0. The largest absolute Gasteiger partial charge is 0.483 e. The molecule has 164 valence electrons. The number of benzene rings is 2. The van der Waals surface area contributed by atoms with Crippen LogP contribution in [0, 0.1) is 0 Å². The zero-order valence-electron chi connectivity index (χ0n) is 18.0. The first-order valence-electron chi connectivity index (χ1n) is 11.1. The molecular formula is C25H29ClN2O3. The highest BCUT2D eigenvalue weighted by Gasteiger charge is 2.28. The molecule has 0 N–H and O–H groups in total. The highest BCUT2D eigenvalue weighted by atomic mass is 35.5. The Morgan fingerprint density at radius 1 is 1.13 bits per heavy atom. The molecule has 0 saturated carbocycles. The van der Waals surface area contributed by atoms with Crippen LogP contribution in [-0.2, 0) is 17.8 Å². The fourth-order valence-corrected chi connectivity index (χ4v) is 4.74. The summed E-state index contributed by atoms with van der Waals surface area (Å²) in [5.41, 5.74) is 2.61. The molecule has 0 bridgehead atoms. The maximum Gasteiger partial charge on any atom is 0.260 e. The third-order valence-corrected chi connectivity index (χ3v) is 6.59. The molecule has 1 unspecified atom stereocenters. The Balaban J connectivity index is 1.43. The molecule has 2 aliphatic heterocycles. The second kappa shape index (κ2) is 9.73. The first-order valence-corrected chi connectivity index (χ1v) is 11.5. The highest BCUT2D eigenvalue weighted by Crippen LogP contribution is 2.29. The molecule has 1 atom stereocenters. The van der Waals surface area contributed by atoms with E-state index in [-0.39, 0.29) is 18.4 Å². The van der Waals surface area contributed by atoms with Crippen LogP contribution in [0.5, 0.6) is 5.75 Å². The monoisotopic (exact) mass is 440 g/mol. The van der Waals surface area contributed by atoms with Crippen molar-refractivity contribution in [2.75, 3.05) is 19.7 Å². The number of rotatable bonds is 6. The van der Waals surface area contributed by atoms with Gasteiger partial charge >= 0.3 is 0 Å². The minimum atomic E-state index is -0.00458. The molecule has 1 fully saturated rings. The van der Waals surface area contributed by atoms with E-state index in [0.29, 0.717) is 41.9 Å². The second-order valence-electron chi connectivity index (χ2n) is 8.32. The van der Waals surface area contributed by atoms with E-state index in [0.717, 1.165) is 36.9 Å². The number of carbonyl (C=O) groups is 2. The summed E-state index contributed by atoms with van der Waals surface area (Å²) in [6.07, 6.45) is 5.00. The summed E-state index contributed by atoms with van der Waals surface area (Å²) in [4.78, 5) is 29.7. The van der Waals surface area contributed by atoms with Crippen molar-refractivity contribution in [3.05, 3.63) is 64.2 Å². The Hall–Kier alpha value is -2.53. The van der Waals surface area contributed by atoms with E-state index in [9.17, 15) is 9.59 Å². The molecule has 2 heterocycles. The standard InChI is InChI=1S/C25H29ClN2O3/c1-2-20-6-3-4-14-28(20)24(29)17-31-23-8-5-7-22-21(23)13-15-27(25(22)30)16-18-9-11-19(26)12-10-18/h5,7-12,20H,2-4,6,13-17H2,1H3. The normalized spacial score (nSPS) is 18.6.